The summed E-state index contributed by atoms with van der Waals surface area (Å²) in [7, 11) is 0. The van der Waals surface area contributed by atoms with Crippen molar-refractivity contribution in [1.29, 1.82) is 0 Å². The zero-order valence-electron chi connectivity index (χ0n) is 12.5. The van der Waals surface area contributed by atoms with Gasteiger partial charge in [0.15, 0.2) is 0 Å². The van der Waals surface area contributed by atoms with Crippen LogP contribution in [0.2, 0.25) is 0 Å². The van der Waals surface area contributed by atoms with Gasteiger partial charge in [-0.05, 0) is 41.9 Å². The van der Waals surface area contributed by atoms with Crippen molar-refractivity contribution in [3.05, 3.63) is 39.9 Å². The average Bonchev–Trinajstić information content (AvgIpc) is 3.13. The van der Waals surface area contributed by atoms with Gasteiger partial charge in [-0.2, -0.15) is 5.10 Å². The third-order valence-electron chi connectivity index (χ3n) is 5.11. The monoisotopic (exact) mass is 301 g/mol. The van der Waals surface area contributed by atoms with Crippen LogP contribution in [0.5, 0.6) is 0 Å². The third kappa shape index (κ3) is 2.61. The van der Waals surface area contributed by atoms with Gasteiger partial charge in [0.2, 0.25) is 5.91 Å². The van der Waals surface area contributed by atoms with Crippen LogP contribution in [0.3, 0.4) is 0 Å². The molecule has 2 aliphatic carbocycles. The smallest absolute Gasteiger partial charge is 0.269 e. The molecule has 0 unspecified atom stereocenters. The molecule has 0 heterocycles. The van der Waals surface area contributed by atoms with Crippen LogP contribution >= 0.6 is 0 Å². The number of nitrogens with one attached hydrogen (secondary N) is 1. The Balaban J connectivity index is 1.56. The molecule has 2 aliphatic rings. The van der Waals surface area contributed by atoms with Gasteiger partial charge in [0.1, 0.15) is 0 Å². The SMILES string of the molecule is C[C@@]12CCCC[C@H]1[C@@H]2C(=O)N/N=C\c1ccc([N+](=O)[O-])cc1. The molecule has 0 aliphatic heterocycles. The maximum Gasteiger partial charge on any atom is 0.269 e. The highest BCUT2D eigenvalue weighted by molar-refractivity contribution is 5.86. The fourth-order valence-electron chi connectivity index (χ4n) is 3.77. The fraction of sp³-hybridized carbons (Fsp3) is 0.500. The number of carbonyl (C=O) groups is 1. The molecule has 0 aromatic heterocycles. The number of hydrogen-bond acceptors (Lipinski definition) is 4. The van der Waals surface area contributed by atoms with E-state index in [2.05, 4.69) is 17.5 Å². The van der Waals surface area contributed by atoms with Gasteiger partial charge in [-0.3, -0.25) is 14.9 Å². The molecule has 0 bridgehead atoms. The minimum Gasteiger partial charge on any atom is -0.273 e. The lowest BCUT2D eigenvalue weighted by Gasteiger charge is -2.15. The Bertz CT molecular complexity index is 626. The molecule has 1 N–H and O–H groups in total. The second-order valence-electron chi connectivity index (χ2n) is 6.42. The molecule has 3 atom stereocenters. The first-order chi connectivity index (χ1) is 10.5. The van der Waals surface area contributed by atoms with Crippen molar-refractivity contribution < 1.29 is 9.72 Å². The molecular formula is C16H19N3O3. The van der Waals surface area contributed by atoms with Gasteiger partial charge in [0.25, 0.3) is 5.69 Å². The molecule has 0 radical (unpaired) electrons. The Labute approximate surface area is 128 Å². The Hall–Kier alpha value is -2.24. The van der Waals surface area contributed by atoms with E-state index in [0.29, 0.717) is 11.5 Å². The highest BCUT2D eigenvalue weighted by atomic mass is 16.6. The summed E-state index contributed by atoms with van der Waals surface area (Å²) in [5.74, 6) is 0.590. The van der Waals surface area contributed by atoms with Gasteiger partial charge in [0.05, 0.1) is 11.1 Å². The van der Waals surface area contributed by atoms with Crippen LogP contribution in [0.15, 0.2) is 29.4 Å². The molecule has 6 heteroatoms. The molecule has 1 amide bonds. The van der Waals surface area contributed by atoms with Gasteiger partial charge in [-0.15, -0.1) is 0 Å². The summed E-state index contributed by atoms with van der Waals surface area (Å²) in [6.07, 6.45) is 6.21. The molecule has 2 fully saturated rings. The predicted octanol–water partition coefficient (Wildman–Crippen LogP) is 2.87. The number of amides is 1. The number of benzene rings is 1. The van der Waals surface area contributed by atoms with E-state index in [1.165, 1.54) is 31.2 Å². The van der Waals surface area contributed by atoms with Crippen LogP contribution < -0.4 is 5.43 Å². The first kappa shape index (κ1) is 14.7. The van der Waals surface area contributed by atoms with Crippen molar-refractivity contribution in [3.63, 3.8) is 0 Å². The van der Waals surface area contributed by atoms with E-state index in [-0.39, 0.29) is 22.9 Å². The lowest BCUT2D eigenvalue weighted by molar-refractivity contribution is -0.384. The van der Waals surface area contributed by atoms with Gasteiger partial charge in [-0.25, -0.2) is 5.43 Å². The minimum atomic E-state index is -0.446. The summed E-state index contributed by atoms with van der Waals surface area (Å²) in [6, 6.07) is 6.04. The van der Waals surface area contributed by atoms with Crippen molar-refractivity contribution >= 4 is 17.8 Å². The second kappa shape index (κ2) is 5.51. The Morgan fingerprint density at radius 2 is 2.14 bits per heavy atom. The maximum absolute atomic E-state index is 12.2. The standard InChI is InChI=1S/C16H19N3O3/c1-16-9-3-2-4-13(16)14(16)15(20)18-17-10-11-5-7-12(8-6-11)19(21)22/h5-8,10,13-14H,2-4,9H2,1H3,(H,18,20)/b17-10-/t13-,14+,16+/m0/s1. The van der Waals surface area contributed by atoms with Crippen molar-refractivity contribution in [1.82, 2.24) is 5.43 Å². The predicted molar refractivity (Wildman–Crippen MR) is 82.4 cm³/mol. The molecule has 116 valence electrons. The summed E-state index contributed by atoms with van der Waals surface area (Å²) in [5.41, 5.74) is 3.53. The number of non-ortho nitro benzene ring substituents is 1. The van der Waals surface area contributed by atoms with E-state index >= 15 is 0 Å². The summed E-state index contributed by atoms with van der Waals surface area (Å²) in [5, 5.41) is 14.5. The van der Waals surface area contributed by atoms with Crippen molar-refractivity contribution in [2.75, 3.05) is 0 Å². The normalized spacial score (nSPS) is 29.9. The van der Waals surface area contributed by atoms with E-state index in [1.54, 1.807) is 12.1 Å². The molecule has 1 aromatic rings. The summed E-state index contributed by atoms with van der Waals surface area (Å²) >= 11 is 0. The Morgan fingerprint density at radius 3 is 2.73 bits per heavy atom. The molecule has 3 rings (SSSR count). The molecular weight excluding hydrogens is 282 g/mol. The maximum atomic E-state index is 12.2. The van der Waals surface area contributed by atoms with Crippen LogP contribution in [0.25, 0.3) is 0 Å². The molecule has 2 saturated carbocycles. The number of carbonyl (C=O) groups excluding carboxylic acids is 1. The topological polar surface area (TPSA) is 84.6 Å². The lowest BCUT2D eigenvalue weighted by atomic mass is 9.90. The second-order valence-corrected chi connectivity index (χ2v) is 6.42. The fourth-order valence-corrected chi connectivity index (χ4v) is 3.77. The zero-order chi connectivity index (χ0) is 15.7. The van der Waals surface area contributed by atoms with Crippen LogP contribution in [0.1, 0.15) is 38.2 Å². The average molecular weight is 301 g/mol. The van der Waals surface area contributed by atoms with Gasteiger partial charge in [0, 0.05) is 18.1 Å². The zero-order valence-corrected chi connectivity index (χ0v) is 12.5. The summed E-state index contributed by atoms with van der Waals surface area (Å²) < 4.78 is 0. The number of hydrazone groups is 1. The summed E-state index contributed by atoms with van der Waals surface area (Å²) in [4.78, 5) is 22.3. The quantitative estimate of drug-likeness (QED) is 0.527. The van der Waals surface area contributed by atoms with Crippen LogP contribution in [0, 0.1) is 27.4 Å². The molecule has 22 heavy (non-hydrogen) atoms. The van der Waals surface area contributed by atoms with E-state index < -0.39 is 4.92 Å². The minimum absolute atomic E-state index is 0.00689. The molecule has 0 spiro atoms. The first-order valence-electron chi connectivity index (χ1n) is 7.60. The first-order valence-corrected chi connectivity index (χ1v) is 7.60. The van der Waals surface area contributed by atoms with Gasteiger partial charge >= 0.3 is 0 Å². The molecule has 1 aromatic carbocycles. The van der Waals surface area contributed by atoms with Crippen molar-refractivity contribution in [2.45, 2.75) is 32.6 Å². The highest BCUT2D eigenvalue weighted by Gasteiger charge is 2.64. The van der Waals surface area contributed by atoms with Gasteiger partial charge in [-0.1, -0.05) is 19.8 Å². The number of rotatable bonds is 4. The number of fused-ring (bicyclic) bond motifs is 1. The van der Waals surface area contributed by atoms with Gasteiger partial charge < -0.3 is 0 Å². The largest absolute Gasteiger partial charge is 0.273 e. The van der Waals surface area contributed by atoms with Crippen LogP contribution in [-0.2, 0) is 4.79 Å². The summed E-state index contributed by atoms with van der Waals surface area (Å²) in [6.45, 7) is 2.20. The van der Waals surface area contributed by atoms with E-state index in [0.717, 1.165) is 12.8 Å². The Morgan fingerprint density at radius 1 is 1.41 bits per heavy atom. The van der Waals surface area contributed by atoms with E-state index in [9.17, 15) is 14.9 Å². The highest BCUT2D eigenvalue weighted by Crippen LogP contribution is 2.66. The number of hydrogen-bond donors (Lipinski definition) is 1. The Kier molecular flexibility index (Phi) is 3.68. The molecule has 0 saturated heterocycles. The van der Waals surface area contributed by atoms with E-state index in [4.69, 9.17) is 0 Å². The van der Waals surface area contributed by atoms with Crippen molar-refractivity contribution in [2.24, 2.45) is 22.4 Å². The number of nitro benzene ring substituents is 1. The number of nitro groups is 1. The van der Waals surface area contributed by atoms with Crippen molar-refractivity contribution in [3.8, 4) is 0 Å². The van der Waals surface area contributed by atoms with E-state index in [1.807, 2.05) is 0 Å². The third-order valence-corrected chi connectivity index (χ3v) is 5.11. The number of nitrogens with zero attached hydrogens (tertiary/aromatic N) is 2. The molecule has 6 nitrogen and oxygen atoms in total. The van der Waals surface area contributed by atoms with Crippen LogP contribution in [0.4, 0.5) is 5.69 Å². The van der Waals surface area contributed by atoms with Crippen LogP contribution in [-0.4, -0.2) is 17.0 Å². The lowest BCUT2D eigenvalue weighted by Crippen LogP contribution is -2.22.